The van der Waals surface area contributed by atoms with E-state index in [2.05, 4.69) is 15.3 Å². The number of hydrogen-bond acceptors (Lipinski definition) is 5. The van der Waals surface area contributed by atoms with Gasteiger partial charge in [0.25, 0.3) is 0 Å². The van der Waals surface area contributed by atoms with Gasteiger partial charge >= 0.3 is 0 Å². The summed E-state index contributed by atoms with van der Waals surface area (Å²) in [6.07, 6.45) is 1.60. The van der Waals surface area contributed by atoms with E-state index in [1.165, 1.54) is 11.3 Å². The summed E-state index contributed by atoms with van der Waals surface area (Å²) in [5.41, 5.74) is 2.56. The average molecular weight is 258 g/mol. The summed E-state index contributed by atoms with van der Waals surface area (Å²) in [7, 11) is 0. The van der Waals surface area contributed by atoms with Crippen LogP contribution in [-0.4, -0.2) is 15.9 Å². The second kappa shape index (κ2) is 5.38. The van der Waals surface area contributed by atoms with Gasteiger partial charge in [0, 0.05) is 11.6 Å². The smallest absolute Gasteiger partial charge is 0.240 e. The summed E-state index contributed by atoms with van der Waals surface area (Å²) in [6.45, 7) is 1.96. The molecule has 0 aliphatic rings. The van der Waals surface area contributed by atoms with Crippen LogP contribution < -0.4 is 5.32 Å². The maximum atomic E-state index is 11.2. The van der Waals surface area contributed by atoms with Crippen molar-refractivity contribution in [3.05, 3.63) is 29.3 Å². The molecule has 0 saturated carbocycles. The largest absolute Gasteiger partial charge is 0.301 e. The molecular weight excluding hydrogens is 248 g/mol. The molecule has 1 amide bonds. The van der Waals surface area contributed by atoms with Gasteiger partial charge in [0.2, 0.25) is 5.91 Å². The van der Waals surface area contributed by atoms with Crippen LogP contribution in [0.25, 0.3) is 11.4 Å². The van der Waals surface area contributed by atoms with Crippen molar-refractivity contribution in [3.8, 4) is 17.5 Å². The normalized spacial score (nSPS) is 9.78. The van der Waals surface area contributed by atoms with Gasteiger partial charge in [0.05, 0.1) is 11.8 Å². The lowest BCUT2D eigenvalue weighted by molar-refractivity contribution is -0.115. The first-order valence-corrected chi connectivity index (χ1v) is 6.12. The standard InChI is InChI=1S/C12H10N4OS/c1-8-2-3-9(14-6-8)10-7-18-12(15-10)16-11(17)4-5-13/h2-3,6-7H,4H2,1H3,(H,15,16,17). The van der Waals surface area contributed by atoms with Gasteiger partial charge in [-0.25, -0.2) is 4.98 Å². The predicted octanol–water partition coefficient (Wildman–Crippen LogP) is 2.37. The summed E-state index contributed by atoms with van der Waals surface area (Å²) < 4.78 is 0. The first kappa shape index (κ1) is 12.2. The van der Waals surface area contributed by atoms with Gasteiger partial charge in [-0.3, -0.25) is 9.78 Å². The Hall–Kier alpha value is -2.26. The van der Waals surface area contributed by atoms with E-state index < -0.39 is 0 Å². The third-order valence-corrected chi connectivity index (χ3v) is 2.92. The lowest BCUT2D eigenvalue weighted by atomic mass is 10.2. The minimum Gasteiger partial charge on any atom is -0.301 e. The minimum absolute atomic E-state index is 0.169. The molecule has 6 heteroatoms. The molecule has 2 aromatic rings. The molecule has 0 saturated heterocycles. The van der Waals surface area contributed by atoms with Crippen LogP contribution in [0.2, 0.25) is 0 Å². The zero-order chi connectivity index (χ0) is 13.0. The number of nitrogens with one attached hydrogen (secondary N) is 1. The summed E-state index contributed by atoms with van der Waals surface area (Å²) in [5, 5.41) is 13.2. The first-order valence-electron chi connectivity index (χ1n) is 5.24. The van der Waals surface area contributed by atoms with Crippen LogP contribution in [0.1, 0.15) is 12.0 Å². The van der Waals surface area contributed by atoms with Crippen molar-refractivity contribution < 1.29 is 4.79 Å². The molecule has 0 aliphatic heterocycles. The van der Waals surface area contributed by atoms with Crippen molar-refractivity contribution in [1.82, 2.24) is 9.97 Å². The Morgan fingerprint density at radius 3 is 3.00 bits per heavy atom. The number of aromatic nitrogens is 2. The van der Waals surface area contributed by atoms with E-state index in [-0.39, 0.29) is 12.3 Å². The summed E-state index contributed by atoms with van der Waals surface area (Å²) >= 11 is 1.31. The zero-order valence-corrected chi connectivity index (χ0v) is 10.5. The van der Waals surface area contributed by atoms with Crippen LogP contribution in [0.5, 0.6) is 0 Å². The quantitative estimate of drug-likeness (QED) is 0.916. The van der Waals surface area contributed by atoms with Crippen LogP contribution in [0.3, 0.4) is 0 Å². The summed E-state index contributed by atoms with van der Waals surface area (Å²) in [4.78, 5) is 19.7. The highest BCUT2D eigenvalue weighted by Crippen LogP contribution is 2.23. The molecule has 0 bridgehead atoms. The highest BCUT2D eigenvalue weighted by atomic mass is 32.1. The molecular formula is C12H10N4OS. The maximum absolute atomic E-state index is 11.2. The van der Waals surface area contributed by atoms with Crippen molar-refractivity contribution >= 4 is 22.4 Å². The van der Waals surface area contributed by atoms with Crippen molar-refractivity contribution in [1.29, 1.82) is 5.26 Å². The molecule has 2 heterocycles. The van der Waals surface area contributed by atoms with Crippen LogP contribution in [0, 0.1) is 18.3 Å². The lowest BCUT2D eigenvalue weighted by Crippen LogP contribution is -2.09. The Kier molecular flexibility index (Phi) is 3.65. The van der Waals surface area contributed by atoms with Gasteiger partial charge in [-0.1, -0.05) is 6.07 Å². The molecule has 0 fully saturated rings. The Bertz CT molecular complexity index is 597. The Morgan fingerprint density at radius 1 is 1.50 bits per heavy atom. The van der Waals surface area contributed by atoms with Crippen molar-refractivity contribution in [2.75, 3.05) is 5.32 Å². The van der Waals surface area contributed by atoms with Gasteiger partial charge in [-0.15, -0.1) is 11.3 Å². The number of amides is 1. The number of nitriles is 1. The predicted molar refractivity (Wildman–Crippen MR) is 68.9 cm³/mol. The second-order valence-corrected chi connectivity index (χ2v) is 4.50. The topological polar surface area (TPSA) is 78.7 Å². The third kappa shape index (κ3) is 2.90. The van der Waals surface area contributed by atoms with Crippen LogP contribution in [0.15, 0.2) is 23.7 Å². The zero-order valence-electron chi connectivity index (χ0n) is 9.67. The van der Waals surface area contributed by atoms with Gasteiger partial charge in [0.15, 0.2) is 5.13 Å². The fourth-order valence-electron chi connectivity index (χ4n) is 1.30. The summed E-state index contributed by atoms with van der Waals surface area (Å²) in [6, 6.07) is 5.62. The van der Waals surface area contributed by atoms with Crippen LogP contribution in [-0.2, 0) is 4.79 Å². The SMILES string of the molecule is Cc1ccc(-c2csc(NC(=O)CC#N)n2)nc1. The Morgan fingerprint density at radius 2 is 2.33 bits per heavy atom. The first-order chi connectivity index (χ1) is 8.69. The van der Waals surface area contributed by atoms with Gasteiger partial charge in [-0.05, 0) is 18.6 Å². The average Bonchev–Trinajstić information content (AvgIpc) is 2.78. The molecule has 0 unspecified atom stereocenters. The third-order valence-electron chi connectivity index (χ3n) is 2.16. The van der Waals surface area contributed by atoms with E-state index in [1.807, 2.05) is 24.4 Å². The number of anilines is 1. The Labute approximate surface area is 108 Å². The minimum atomic E-state index is -0.352. The number of carbonyl (C=O) groups excluding carboxylic acids is 1. The van der Waals surface area contributed by atoms with Crippen LogP contribution >= 0.6 is 11.3 Å². The van der Waals surface area contributed by atoms with E-state index in [4.69, 9.17) is 5.26 Å². The number of hydrogen-bond donors (Lipinski definition) is 1. The molecule has 1 N–H and O–H groups in total. The lowest BCUT2D eigenvalue weighted by Gasteiger charge is -1.97. The number of rotatable bonds is 3. The number of pyridine rings is 1. The van der Waals surface area contributed by atoms with E-state index in [0.717, 1.165) is 11.3 Å². The molecule has 0 aromatic carbocycles. The molecule has 0 atom stereocenters. The number of aryl methyl sites for hydroxylation is 1. The Balaban J connectivity index is 2.13. The van der Waals surface area contributed by atoms with Gasteiger partial charge in [-0.2, -0.15) is 5.26 Å². The van der Waals surface area contributed by atoms with E-state index >= 15 is 0 Å². The monoisotopic (exact) mass is 258 g/mol. The molecule has 18 heavy (non-hydrogen) atoms. The van der Waals surface area contributed by atoms with E-state index in [0.29, 0.717) is 10.8 Å². The number of carbonyl (C=O) groups is 1. The molecule has 90 valence electrons. The fraction of sp³-hybridized carbons (Fsp3) is 0.167. The molecule has 0 radical (unpaired) electrons. The number of thiazole rings is 1. The molecule has 0 aliphatic carbocycles. The van der Waals surface area contributed by atoms with Crippen molar-refractivity contribution in [2.24, 2.45) is 0 Å². The van der Waals surface area contributed by atoms with Crippen molar-refractivity contribution in [3.63, 3.8) is 0 Å². The number of nitrogens with zero attached hydrogens (tertiary/aromatic N) is 3. The fourth-order valence-corrected chi connectivity index (χ4v) is 2.02. The highest BCUT2D eigenvalue weighted by Gasteiger charge is 2.08. The van der Waals surface area contributed by atoms with E-state index in [9.17, 15) is 4.79 Å². The molecule has 2 rings (SSSR count). The maximum Gasteiger partial charge on any atom is 0.240 e. The summed E-state index contributed by atoms with van der Waals surface area (Å²) in [5.74, 6) is -0.352. The van der Waals surface area contributed by atoms with Gasteiger partial charge in [0.1, 0.15) is 12.1 Å². The second-order valence-electron chi connectivity index (χ2n) is 3.64. The molecule has 2 aromatic heterocycles. The van der Waals surface area contributed by atoms with Crippen molar-refractivity contribution in [2.45, 2.75) is 13.3 Å². The van der Waals surface area contributed by atoms with Crippen LogP contribution in [0.4, 0.5) is 5.13 Å². The molecule has 5 nitrogen and oxygen atoms in total. The van der Waals surface area contributed by atoms with Gasteiger partial charge < -0.3 is 5.32 Å². The highest BCUT2D eigenvalue weighted by molar-refractivity contribution is 7.14. The molecule has 0 spiro atoms. The van der Waals surface area contributed by atoms with E-state index in [1.54, 1.807) is 12.3 Å².